The molecule has 29 heavy (non-hydrogen) atoms. The molecule has 6 heteroatoms. The topological polar surface area (TPSA) is 60.9 Å². The summed E-state index contributed by atoms with van der Waals surface area (Å²) in [5, 5.41) is 0. The number of ether oxygens (including phenoxy) is 3. The number of aromatic nitrogens is 1. The molecule has 0 saturated carbocycles. The number of carbonyl (C=O) groups is 1. The Balaban J connectivity index is 1.75. The first-order valence-corrected chi connectivity index (χ1v) is 9.52. The van der Waals surface area contributed by atoms with Gasteiger partial charge in [-0.2, -0.15) is 0 Å². The van der Waals surface area contributed by atoms with Gasteiger partial charge < -0.3 is 14.2 Å². The second-order valence-corrected chi connectivity index (χ2v) is 6.61. The van der Waals surface area contributed by atoms with E-state index in [9.17, 15) is 4.79 Å². The van der Waals surface area contributed by atoms with E-state index >= 15 is 0 Å². The van der Waals surface area contributed by atoms with E-state index in [0.29, 0.717) is 29.4 Å². The molecule has 1 aliphatic rings. The smallest absolute Gasteiger partial charge is 0.264 e. The number of methoxy groups -OCH3 is 1. The van der Waals surface area contributed by atoms with Gasteiger partial charge in [0.05, 0.1) is 25.0 Å². The predicted molar refractivity (Wildman–Crippen MR) is 110 cm³/mol. The SMILES string of the molecule is COc1ccc(N(C(=O)c2cccnc2)c2ccccc2)cc1OC1CCCO1. The fourth-order valence-electron chi connectivity index (χ4n) is 3.26. The maximum atomic E-state index is 13.3. The molecular formula is C23H22N2O4. The number of amides is 1. The van der Waals surface area contributed by atoms with Gasteiger partial charge in [0.2, 0.25) is 0 Å². The number of rotatable bonds is 6. The molecule has 1 atom stereocenters. The Morgan fingerprint density at radius 3 is 2.62 bits per heavy atom. The van der Waals surface area contributed by atoms with Gasteiger partial charge in [0, 0.05) is 30.6 Å². The van der Waals surface area contributed by atoms with Crippen LogP contribution < -0.4 is 14.4 Å². The Bertz CT molecular complexity index is 957. The Labute approximate surface area is 169 Å². The first kappa shape index (κ1) is 19.0. The standard InChI is InChI=1S/C23H22N2O4/c1-27-20-12-11-19(15-21(20)29-22-10-6-14-28-22)25(18-8-3-2-4-9-18)23(26)17-7-5-13-24-16-17/h2-5,7-9,11-13,15-16,22H,6,10,14H2,1H3. The van der Waals surface area contributed by atoms with Crippen molar-refractivity contribution in [1.82, 2.24) is 4.98 Å². The van der Waals surface area contributed by atoms with Crippen molar-refractivity contribution < 1.29 is 19.0 Å². The maximum Gasteiger partial charge on any atom is 0.264 e. The summed E-state index contributed by atoms with van der Waals surface area (Å²) in [6, 6.07) is 18.4. The highest BCUT2D eigenvalue weighted by Gasteiger charge is 2.23. The summed E-state index contributed by atoms with van der Waals surface area (Å²) in [6.07, 6.45) is 4.68. The number of nitrogens with zero attached hydrogens (tertiary/aromatic N) is 2. The van der Waals surface area contributed by atoms with E-state index in [2.05, 4.69) is 4.98 Å². The average Bonchev–Trinajstić information content (AvgIpc) is 3.28. The van der Waals surface area contributed by atoms with Crippen LogP contribution in [-0.4, -0.2) is 30.9 Å². The van der Waals surface area contributed by atoms with Gasteiger partial charge in [0.25, 0.3) is 5.91 Å². The second-order valence-electron chi connectivity index (χ2n) is 6.61. The number of pyridine rings is 1. The lowest BCUT2D eigenvalue weighted by atomic mass is 10.1. The molecule has 1 amide bonds. The molecular weight excluding hydrogens is 368 g/mol. The largest absolute Gasteiger partial charge is 0.493 e. The minimum absolute atomic E-state index is 0.183. The molecule has 1 unspecified atom stereocenters. The average molecular weight is 390 g/mol. The minimum Gasteiger partial charge on any atom is -0.493 e. The van der Waals surface area contributed by atoms with Crippen LogP contribution in [0.3, 0.4) is 0 Å². The van der Waals surface area contributed by atoms with Gasteiger partial charge in [-0.3, -0.25) is 14.7 Å². The molecule has 4 rings (SSSR count). The second kappa shape index (κ2) is 8.75. The molecule has 3 aromatic rings. The lowest BCUT2D eigenvalue weighted by Gasteiger charge is -2.24. The molecule has 148 valence electrons. The van der Waals surface area contributed by atoms with Crippen LogP contribution in [0.4, 0.5) is 11.4 Å². The van der Waals surface area contributed by atoms with Crippen LogP contribution in [0.5, 0.6) is 11.5 Å². The van der Waals surface area contributed by atoms with E-state index in [1.807, 2.05) is 42.5 Å². The van der Waals surface area contributed by atoms with Crippen LogP contribution in [0, 0.1) is 0 Å². The van der Waals surface area contributed by atoms with Crippen molar-refractivity contribution in [2.75, 3.05) is 18.6 Å². The van der Waals surface area contributed by atoms with Crippen molar-refractivity contribution in [3.05, 3.63) is 78.6 Å². The summed E-state index contributed by atoms with van der Waals surface area (Å²) in [5.74, 6) is 0.945. The molecule has 0 spiro atoms. The van der Waals surface area contributed by atoms with Gasteiger partial charge in [-0.1, -0.05) is 18.2 Å². The Morgan fingerprint density at radius 1 is 1.07 bits per heavy atom. The zero-order valence-electron chi connectivity index (χ0n) is 16.2. The van der Waals surface area contributed by atoms with Crippen molar-refractivity contribution >= 4 is 17.3 Å². The normalized spacial score (nSPS) is 15.7. The Morgan fingerprint density at radius 2 is 1.93 bits per heavy atom. The van der Waals surface area contributed by atoms with E-state index in [-0.39, 0.29) is 12.2 Å². The molecule has 1 saturated heterocycles. The Hall–Kier alpha value is -3.38. The molecule has 6 nitrogen and oxygen atoms in total. The highest BCUT2D eigenvalue weighted by atomic mass is 16.7. The number of para-hydroxylation sites is 1. The predicted octanol–water partition coefficient (Wildman–Crippen LogP) is 4.58. The van der Waals surface area contributed by atoms with E-state index in [1.165, 1.54) is 0 Å². The molecule has 0 aliphatic carbocycles. The number of hydrogen-bond donors (Lipinski definition) is 0. The van der Waals surface area contributed by atoms with Crippen LogP contribution >= 0.6 is 0 Å². The van der Waals surface area contributed by atoms with Crippen molar-refractivity contribution in [3.8, 4) is 11.5 Å². The Kier molecular flexibility index (Phi) is 5.72. The van der Waals surface area contributed by atoms with Gasteiger partial charge in [-0.25, -0.2) is 0 Å². The zero-order chi connectivity index (χ0) is 20.1. The lowest BCUT2D eigenvalue weighted by molar-refractivity contribution is -0.0402. The number of carbonyl (C=O) groups excluding carboxylic acids is 1. The van der Waals surface area contributed by atoms with Crippen LogP contribution in [0.2, 0.25) is 0 Å². The third-order valence-electron chi connectivity index (χ3n) is 4.68. The first-order valence-electron chi connectivity index (χ1n) is 9.52. The molecule has 0 N–H and O–H groups in total. The van der Waals surface area contributed by atoms with Gasteiger partial charge >= 0.3 is 0 Å². The zero-order valence-corrected chi connectivity index (χ0v) is 16.2. The van der Waals surface area contributed by atoms with E-state index < -0.39 is 0 Å². The van der Waals surface area contributed by atoms with Crippen molar-refractivity contribution in [2.24, 2.45) is 0 Å². The third kappa shape index (κ3) is 4.22. The van der Waals surface area contributed by atoms with Gasteiger partial charge in [0.1, 0.15) is 0 Å². The van der Waals surface area contributed by atoms with Crippen molar-refractivity contribution in [3.63, 3.8) is 0 Å². The molecule has 1 fully saturated rings. The molecule has 2 heterocycles. The van der Waals surface area contributed by atoms with Gasteiger partial charge in [-0.05, 0) is 42.8 Å². The summed E-state index contributed by atoms with van der Waals surface area (Å²) < 4.78 is 17.1. The highest BCUT2D eigenvalue weighted by Crippen LogP contribution is 2.37. The van der Waals surface area contributed by atoms with Crippen LogP contribution in [0.1, 0.15) is 23.2 Å². The van der Waals surface area contributed by atoms with Crippen LogP contribution in [0.15, 0.2) is 73.1 Å². The molecule has 2 aromatic carbocycles. The fourth-order valence-corrected chi connectivity index (χ4v) is 3.26. The van der Waals surface area contributed by atoms with Gasteiger partial charge in [0.15, 0.2) is 17.8 Å². The van der Waals surface area contributed by atoms with E-state index in [1.54, 1.807) is 42.6 Å². The number of benzene rings is 2. The summed E-state index contributed by atoms with van der Waals surface area (Å²) in [4.78, 5) is 19.1. The summed E-state index contributed by atoms with van der Waals surface area (Å²) in [6.45, 7) is 0.683. The van der Waals surface area contributed by atoms with Gasteiger partial charge in [-0.15, -0.1) is 0 Å². The third-order valence-corrected chi connectivity index (χ3v) is 4.68. The maximum absolute atomic E-state index is 13.3. The molecule has 0 radical (unpaired) electrons. The number of anilines is 2. The number of hydrogen-bond acceptors (Lipinski definition) is 5. The fraction of sp³-hybridized carbons (Fsp3) is 0.217. The molecule has 1 aliphatic heterocycles. The van der Waals surface area contributed by atoms with Crippen LogP contribution in [-0.2, 0) is 4.74 Å². The molecule has 0 bridgehead atoms. The summed E-state index contributed by atoms with van der Waals surface area (Å²) in [7, 11) is 1.59. The van der Waals surface area contributed by atoms with E-state index in [4.69, 9.17) is 14.2 Å². The van der Waals surface area contributed by atoms with E-state index in [0.717, 1.165) is 18.5 Å². The summed E-state index contributed by atoms with van der Waals surface area (Å²) >= 11 is 0. The quantitative estimate of drug-likeness (QED) is 0.616. The minimum atomic E-state index is -0.307. The highest BCUT2D eigenvalue weighted by molar-refractivity contribution is 6.10. The first-order chi connectivity index (χ1) is 14.3. The molecule has 1 aromatic heterocycles. The monoisotopic (exact) mass is 390 g/mol. The lowest BCUT2D eigenvalue weighted by Crippen LogP contribution is -2.26. The summed E-state index contributed by atoms with van der Waals surface area (Å²) in [5.41, 5.74) is 1.90. The van der Waals surface area contributed by atoms with Crippen molar-refractivity contribution in [1.29, 1.82) is 0 Å². The van der Waals surface area contributed by atoms with Crippen LogP contribution in [0.25, 0.3) is 0 Å². The van der Waals surface area contributed by atoms with Crippen molar-refractivity contribution in [2.45, 2.75) is 19.1 Å².